The van der Waals surface area contributed by atoms with Gasteiger partial charge in [-0.25, -0.2) is 4.79 Å². The summed E-state index contributed by atoms with van der Waals surface area (Å²) in [5.74, 6) is 0. The lowest BCUT2D eigenvalue weighted by Gasteiger charge is -2.32. The van der Waals surface area contributed by atoms with Crippen LogP contribution in [0.1, 0.15) is 73.3 Å². The number of ether oxygens (including phenoxy) is 1. The Hall–Kier alpha value is -2.12. The predicted molar refractivity (Wildman–Crippen MR) is 128 cm³/mol. The maximum absolute atomic E-state index is 12.6. The highest BCUT2D eigenvalue weighted by Crippen LogP contribution is 2.37. The molecule has 0 radical (unpaired) electrons. The van der Waals surface area contributed by atoms with Crippen LogP contribution in [0.25, 0.3) is 5.57 Å². The molecule has 0 saturated carbocycles. The maximum atomic E-state index is 12.6. The summed E-state index contributed by atoms with van der Waals surface area (Å²) in [6.45, 7) is 14.7. The minimum absolute atomic E-state index is 0.0163. The van der Waals surface area contributed by atoms with Gasteiger partial charge in [0.1, 0.15) is 5.60 Å². The van der Waals surface area contributed by atoms with Crippen molar-refractivity contribution in [1.82, 2.24) is 4.90 Å². The molecule has 0 aliphatic carbocycles. The normalized spacial score (nSPS) is 24.5. The molecule has 0 unspecified atom stereocenters. The predicted octanol–water partition coefficient (Wildman–Crippen LogP) is 4.57. The molecule has 3 heterocycles. The Morgan fingerprint density at radius 2 is 1.75 bits per heavy atom. The van der Waals surface area contributed by atoms with Crippen molar-refractivity contribution in [2.24, 2.45) is 4.99 Å². The Morgan fingerprint density at radius 3 is 2.34 bits per heavy atom. The van der Waals surface area contributed by atoms with Crippen molar-refractivity contribution >= 4 is 30.0 Å². The van der Waals surface area contributed by atoms with Gasteiger partial charge in [-0.05, 0) is 77.9 Å². The first-order valence-corrected chi connectivity index (χ1v) is 11.6. The molecule has 0 aromatic heterocycles. The first-order chi connectivity index (χ1) is 14.9. The molecule has 1 aromatic carbocycles. The van der Waals surface area contributed by atoms with Crippen molar-refractivity contribution in [2.45, 2.75) is 90.6 Å². The molecule has 1 aromatic rings. The zero-order chi connectivity index (χ0) is 23.3. The molecule has 4 rings (SSSR count). The van der Waals surface area contributed by atoms with Gasteiger partial charge in [-0.2, -0.15) is 0 Å². The number of hydrogen-bond donors (Lipinski definition) is 0. The molecule has 2 fully saturated rings. The van der Waals surface area contributed by atoms with Crippen molar-refractivity contribution in [3.63, 3.8) is 0 Å². The Kier molecular flexibility index (Phi) is 5.79. The monoisotopic (exact) mass is 438 g/mol. The standard InChI is InChI=1S/C25H35BN2O4/c1-23(2,3)30-22(29)28-14-8-9-21(28)20-15-18(16-27-20)17-10-12-19(13-11-17)26-31-24(4,5)25(6,7)32-26/h10-13,16,21H,8-9,14-15H2,1-7H3/t21-/m1/s1. The number of rotatable bonds is 3. The summed E-state index contributed by atoms with van der Waals surface area (Å²) in [4.78, 5) is 19.2. The van der Waals surface area contributed by atoms with Gasteiger partial charge in [-0.3, -0.25) is 9.89 Å². The topological polar surface area (TPSA) is 60.4 Å². The second-order valence-electron chi connectivity index (χ2n) is 11.0. The van der Waals surface area contributed by atoms with E-state index in [1.807, 2.05) is 31.9 Å². The van der Waals surface area contributed by atoms with Gasteiger partial charge in [-0.15, -0.1) is 0 Å². The summed E-state index contributed by atoms with van der Waals surface area (Å²) < 4.78 is 17.9. The van der Waals surface area contributed by atoms with Crippen LogP contribution in [0.5, 0.6) is 0 Å². The van der Waals surface area contributed by atoms with E-state index in [-0.39, 0.29) is 30.5 Å². The second-order valence-corrected chi connectivity index (χ2v) is 11.0. The maximum Gasteiger partial charge on any atom is 0.494 e. The van der Waals surface area contributed by atoms with Crippen molar-refractivity contribution in [2.75, 3.05) is 6.54 Å². The average molecular weight is 438 g/mol. The van der Waals surface area contributed by atoms with Gasteiger partial charge < -0.3 is 14.0 Å². The molecule has 6 nitrogen and oxygen atoms in total. The number of carbonyl (C=O) groups is 1. The van der Waals surface area contributed by atoms with Crippen LogP contribution in [-0.4, -0.2) is 53.2 Å². The molecule has 1 amide bonds. The Balaban J connectivity index is 1.40. The van der Waals surface area contributed by atoms with Crippen LogP contribution in [-0.2, 0) is 14.0 Å². The lowest BCUT2D eigenvalue weighted by atomic mass is 9.78. The highest BCUT2D eigenvalue weighted by atomic mass is 16.7. The summed E-state index contributed by atoms with van der Waals surface area (Å²) in [6.07, 6.45) is 4.34. The zero-order valence-corrected chi connectivity index (χ0v) is 20.4. The van der Waals surface area contributed by atoms with Crippen molar-refractivity contribution in [1.29, 1.82) is 0 Å². The summed E-state index contributed by atoms with van der Waals surface area (Å²) in [5, 5.41) is 0. The number of benzene rings is 1. The Labute approximate surface area is 192 Å². The minimum Gasteiger partial charge on any atom is -0.444 e. The third-order valence-corrected chi connectivity index (χ3v) is 6.83. The van der Waals surface area contributed by atoms with E-state index in [0.29, 0.717) is 0 Å². The van der Waals surface area contributed by atoms with Gasteiger partial charge in [0, 0.05) is 24.9 Å². The Morgan fingerprint density at radius 1 is 1.12 bits per heavy atom. The van der Waals surface area contributed by atoms with Gasteiger partial charge in [-0.1, -0.05) is 24.3 Å². The fourth-order valence-corrected chi connectivity index (χ4v) is 4.31. The van der Waals surface area contributed by atoms with Crippen LogP contribution in [0.3, 0.4) is 0 Å². The van der Waals surface area contributed by atoms with E-state index in [1.165, 1.54) is 0 Å². The van der Waals surface area contributed by atoms with Crippen molar-refractivity contribution in [3.05, 3.63) is 36.0 Å². The summed E-state index contributed by atoms with van der Waals surface area (Å²) in [6, 6.07) is 8.36. The molecular formula is C25H35BN2O4. The number of aliphatic imine (C=N–C) groups is 1. The average Bonchev–Trinajstić information content (AvgIpc) is 3.38. The minimum atomic E-state index is -0.496. The highest BCUT2D eigenvalue weighted by molar-refractivity contribution is 6.62. The third-order valence-electron chi connectivity index (χ3n) is 6.83. The van der Waals surface area contributed by atoms with E-state index in [4.69, 9.17) is 19.0 Å². The lowest BCUT2D eigenvalue weighted by Crippen LogP contribution is -2.43. The van der Waals surface area contributed by atoms with Gasteiger partial charge in [0.2, 0.25) is 0 Å². The van der Waals surface area contributed by atoms with E-state index in [2.05, 4.69) is 52.0 Å². The first kappa shape index (κ1) is 23.1. The summed E-state index contributed by atoms with van der Waals surface area (Å²) in [7, 11) is -0.362. The molecule has 0 N–H and O–H groups in total. The Bertz CT molecular complexity index is 928. The fraction of sp³-hybridized carbons (Fsp3) is 0.600. The molecule has 3 aliphatic heterocycles. The van der Waals surface area contributed by atoms with Gasteiger partial charge in [0.05, 0.1) is 17.2 Å². The quantitative estimate of drug-likeness (QED) is 0.649. The number of carbonyl (C=O) groups excluding carboxylic acids is 1. The first-order valence-electron chi connectivity index (χ1n) is 11.6. The van der Waals surface area contributed by atoms with Crippen LogP contribution in [0.15, 0.2) is 35.5 Å². The molecule has 0 bridgehead atoms. The fourth-order valence-electron chi connectivity index (χ4n) is 4.31. The summed E-state index contributed by atoms with van der Waals surface area (Å²) in [5.41, 5.74) is 3.15. The SMILES string of the molecule is CC(C)(C)OC(=O)N1CCC[C@@H]1C1=NC=C(c2ccc(B3OC(C)(C)C(C)(C)O3)cc2)C1. The number of hydrogen-bond acceptors (Lipinski definition) is 5. The lowest BCUT2D eigenvalue weighted by molar-refractivity contribution is 0.00578. The zero-order valence-electron chi connectivity index (χ0n) is 20.4. The molecule has 32 heavy (non-hydrogen) atoms. The molecular weight excluding hydrogens is 403 g/mol. The van der Waals surface area contributed by atoms with E-state index in [0.717, 1.165) is 48.1 Å². The second kappa shape index (κ2) is 8.03. The van der Waals surface area contributed by atoms with Crippen LogP contribution < -0.4 is 5.46 Å². The van der Waals surface area contributed by atoms with Crippen LogP contribution >= 0.6 is 0 Å². The van der Waals surface area contributed by atoms with E-state index >= 15 is 0 Å². The number of allylic oxidation sites excluding steroid dienone is 1. The highest BCUT2D eigenvalue weighted by Gasteiger charge is 2.51. The number of nitrogens with zero attached hydrogens (tertiary/aromatic N) is 2. The van der Waals surface area contributed by atoms with Crippen molar-refractivity contribution < 1.29 is 18.8 Å². The molecule has 7 heteroatoms. The van der Waals surface area contributed by atoms with Crippen molar-refractivity contribution in [3.8, 4) is 0 Å². The number of likely N-dealkylation sites (tertiary alicyclic amines) is 1. The third kappa shape index (κ3) is 4.51. The molecule has 172 valence electrons. The summed E-state index contributed by atoms with van der Waals surface area (Å²) >= 11 is 0. The van der Waals surface area contributed by atoms with Crippen LogP contribution in [0, 0.1) is 0 Å². The van der Waals surface area contributed by atoms with Crippen LogP contribution in [0.4, 0.5) is 4.79 Å². The number of amides is 1. The largest absolute Gasteiger partial charge is 0.494 e. The van der Waals surface area contributed by atoms with Gasteiger partial charge >= 0.3 is 13.2 Å². The smallest absolute Gasteiger partial charge is 0.444 e. The van der Waals surface area contributed by atoms with E-state index in [1.54, 1.807) is 0 Å². The molecule has 2 saturated heterocycles. The molecule has 1 atom stereocenters. The van der Waals surface area contributed by atoms with Gasteiger partial charge in [0.15, 0.2) is 0 Å². The molecule has 3 aliphatic rings. The van der Waals surface area contributed by atoms with E-state index < -0.39 is 5.60 Å². The van der Waals surface area contributed by atoms with Crippen LogP contribution in [0.2, 0.25) is 0 Å². The van der Waals surface area contributed by atoms with Gasteiger partial charge in [0.25, 0.3) is 0 Å². The van der Waals surface area contributed by atoms with E-state index in [9.17, 15) is 4.79 Å². The molecule has 0 spiro atoms.